The van der Waals surface area contributed by atoms with Crippen molar-refractivity contribution in [3.05, 3.63) is 36.7 Å². The van der Waals surface area contributed by atoms with E-state index >= 15 is 0 Å². The SMILES string of the molecule is COc1cccnc1-c1ccnc(N2CCOCC2)c1. The van der Waals surface area contributed by atoms with Crippen molar-refractivity contribution in [2.24, 2.45) is 0 Å². The van der Waals surface area contributed by atoms with Crippen molar-refractivity contribution >= 4 is 5.82 Å². The van der Waals surface area contributed by atoms with Crippen LogP contribution in [0.5, 0.6) is 5.75 Å². The first kappa shape index (κ1) is 12.9. The predicted molar refractivity (Wildman–Crippen MR) is 77.1 cm³/mol. The van der Waals surface area contributed by atoms with Crippen LogP contribution in [0.15, 0.2) is 36.7 Å². The van der Waals surface area contributed by atoms with Crippen LogP contribution in [0, 0.1) is 0 Å². The van der Waals surface area contributed by atoms with Gasteiger partial charge in [0.15, 0.2) is 0 Å². The highest BCUT2D eigenvalue weighted by Gasteiger charge is 2.14. The second-order valence-electron chi connectivity index (χ2n) is 4.56. The number of pyridine rings is 2. The summed E-state index contributed by atoms with van der Waals surface area (Å²) in [6.07, 6.45) is 3.58. The summed E-state index contributed by atoms with van der Waals surface area (Å²) in [6.45, 7) is 3.24. The fourth-order valence-corrected chi connectivity index (χ4v) is 2.30. The first-order chi connectivity index (χ1) is 9.88. The second kappa shape index (κ2) is 5.88. The lowest BCUT2D eigenvalue weighted by Gasteiger charge is -2.28. The molecule has 5 nitrogen and oxygen atoms in total. The third-order valence-corrected chi connectivity index (χ3v) is 3.34. The molecule has 0 saturated carbocycles. The van der Waals surface area contributed by atoms with Crippen LogP contribution in [0.25, 0.3) is 11.3 Å². The summed E-state index contributed by atoms with van der Waals surface area (Å²) in [4.78, 5) is 11.1. The molecule has 0 atom stereocenters. The standard InChI is InChI=1S/C15H17N3O2/c1-19-13-3-2-5-17-15(13)12-4-6-16-14(11-12)18-7-9-20-10-8-18/h2-6,11H,7-10H2,1H3. The van der Waals surface area contributed by atoms with Crippen LogP contribution in [0.2, 0.25) is 0 Å². The van der Waals surface area contributed by atoms with Gasteiger partial charge in [0.05, 0.1) is 20.3 Å². The molecular formula is C15H17N3O2. The Labute approximate surface area is 118 Å². The fourth-order valence-electron chi connectivity index (χ4n) is 2.30. The lowest BCUT2D eigenvalue weighted by Crippen LogP contribution is -2.36. The van der Waals surface area contributed by atoms with Crippen molar-refractivity contribution in [1.29, 1.82) is 0 Å². The van der Waals surface area contributed by atoms with E-state index < -0.39 is 0 Å². The molecule has 2 aromatic rings. The van der Waals surface area contributed by atoms with Gasteiger partial charge in [0, 0.05) is 31.0 Å². The van der Waals surface area contributed by atoms with Crippen LogP contribution in [0.1, 0.15) is 0 Å². The molecule has 0 unspecified atom stereocenters. The van der Waals surface area contributed by atoms with E-state index in [2.05, 4.69) is 20.9 Å². The van der Waals surface area contributed by atoms with Crippen molar-refractivity contribution < 1.29 is 9.47 Å². The van der Waals surface area contributed by atoms with Crippen LogP contribution in [-0.4, -0.2) is 43.4 Å². The van der Waals surface area contributed by atoms with Crippen LogP contribution in [-0.2, 0) is 4.74 Å². The largest absolute Gasteiger partial charge is 0.494 e. The molecule has 0 bridgehead atoms. The molecule has 104 valence electrons. The smallest absolute Gasteiger partial charge is 0.145 e. The Kier molecular flexibility index (Phi) is 3.78. The molecular weight excluding hydrogens is 254 g/mol. The monoisotopic (exact) mass is 271 g/mol. The zero-order valence-corrected chi connectivity index (χ0v) is 11.5. The second-order valence-corrected chi connectivity index (χ2v) is 4.56. The van der Waals surface area contributed by atoms with Gasteiger partial charge in [0.2, 0.25) is 0 Å². The quantitative estimate of drug-likeness (QED) is 0.854. The average Bonchev–Trinajstić information content (AvgIpc) is 2.56. The molecule has 1 fully saturated rings. The van der Waals surface area contributed by atoms with E-state index in [9.17, 15) is 0 Å². The molecule has 0 amide bonds. The lowest BCUT2D eigenvalue weighted by atomic mass is 10.1. The van der Waals surface area contributed by atoms with E-state index in [4.69, 9.17) is 9.47 Å². The zero-order chi connectivity index (χ0) is 13.8. The third kappa shape index (κ3) is 2.58. The maximum Gasteiger partial charge on any atom is 0.145 e. The summed E-state index contributed by atoms with van der Waals surface area (Å²) in [5, 5.41) is 0. The van der Waals surface area contributed by atoms with E-state index in [-0.39, 0.29) is 0 Å². The molecule has 3 heterocycles. The summed E-state index contributed by atoms with van der Waals surface area (Å²) in [6, 6.07) is 7.79. The molecule has 0 radical (unpaired) electrons. The first-order valence-corrected chi connectivity index (χ1v) is 6.66. The van der Waals surface area contributed by atoms with Crippen LogP contribution in [0.4, 0.5) is 5.82 Å². The Morgan fingerprint density at radius 3 is 2.80 bits per heavy atom. The van der Waals surface area contributed by atoms with Gasteiger partial charge in [-0.15, -0.1) is 0 Å². The number of hydrogen-bond donors (Lipinski definition) is 0. The van der Waals surface area contributed by atoms with Gasteiger partial charge in [0.25, 0.3) is 0 Å². The van der Waals surface area contributed by atoms with Gasteiger partial charge in [0.1, 0.15) is 17.3 Å². The highest BCUT2D eigenvalue weighted by molar-refractivity contribution is 5.68. The van der Waals surface area contributed by atoms with E-state index in [0.717, 1.165) is 49.1 Å². The number of methoxy groups -OCH3 is 1. The van der Waals surface area contributed by atoms with Crippen LogP contribution >= 0.6 is 0 Å². The van der Waals surface area contributed by atoms with Gasteiger partial charge in [-0.2, -0.15) is 0 Å². The minimum atomic E-state index is 0.749. The molecule has 0 N–H and O–H groups in total. The van der Waals surface area contributed by atoms with Crippen LogP contribution < -0.4 is 9.64 Å². The highest BCUT2D eigenvalue weighted by Crippen LogP contribution is 2.29. The maximum absolute atomic E-state index is 5.37. The number of anilines is 1. The Morgan fingerprint density at radius 2 is 2.00 bits per heavy atom. The number of nitrogens with zero attached hydrogens (tertiary/aromatic N) is 3. The first-order valence-electron chi connectivity index (χ1n) is 6.66. The number of aromatic nitrogens is 2. The van der Waals surface area contributed by atoms with Gasteiger partial charge < -0.3 is 14.4 Å². The van der Waals surface area contributed by atoms with Gasteiger partial charge in [-0.25, -0.2) is 4.98 Å². The van der Waals surface area contributed by atoms with Crippen molar-refractivity contribution in [1.82, 2.24) is 9.97 Å². The Hall–Kier alpha value is -2.14. The van der Waals surface area contributed by atoms with E-state index in [0.29, 0.717) is 0 Å². The summed E-state index contributed by atoms with van der Waals surface area (Å²) in [7, 11) is 1.66. The molecule has 5 heteroatoms. The minimum absolute atomic E-state index is 0.749. The molecule has 0 aliphatic carbocycles. The molecule has 2 aromatic heterocycles. The molecule has 3 rings (SSSR count). The van der Waals surface area contributed by atoms with E-state index in [1.165, 1.54) is 0 Å². The average molecular weight is 271 g/mol. The normalized spacial score (nSPS) is 15.2. The molecule has 1 saturated heterocycles. The van der Waals surface area contributed by atoms with E-state index in [1.54, 1.807) is 13.3 Å². The predicted octanol–water partition coefficient (Wildman–Crippen LogP) is 1.99. The minimum Gasteiger partial charge on any atom is -0.494 e. The van der Waals surface area contributed by atoms with Crippen LogP contribution in [0.3, 0.4) is 0 Å². The number of morpholine rings is 1. The number of rotatable bonds is 3. The van der Waals surface area contributed by atoms with Gasteiger partial charge >= 0.3 is 0 Å². The topological polar surface area (TPSA) is 47.5 Å². The van der Waals surface area contributed by atoms with Crippen molar-refractivity contribution in [2.75, 3.05) is 38.3 Å². The highest BCUT2D eigenvalue weighted by atomic mass is 16.5. The summed E-state index contributed by atoms with van der Waals surface area (Å²) < 4.78 is 10.7. The van der Waals surface area contributed by atoms with Gasteiger partial charge in [-0.1, -0.05) is 0 Å². The fraction of sp³-hybridized carbons (Fsp3) is 0.333. The molecule has 20 heavy (non-hydrogen) atoms. The summed E-state index contributed by atoms with van der Waals surface area (Å²) in [5.41, 5.74) is 1.85. The zero-order valence-electron chi connectivity index (χ0n) is 11.5. The van der Waals surface area contributed by atoms with Crippen molar-refractivity contribution in [3.63, 3.8) is 0 Å². The molecule has 0 aromatic carbocycles. The van der Waals surface area contributed by atoms with Gasteiger partial charge in [-0.05, 0) is 24.3 Å². The van der Waals surface area contributed by atoms with Crippen molar-refractivity contribution in [3.8, 4) is 17.0 Å². The summed E-state index contributed by atoms with van der Waals surface area (Å²) in [5.74, 6) is 1.73. The Balaban J connectivity index is 1.94. The molecule has 0 spiro atoms. The summed E-state index contributed by atoms with van der Waals surface area (Å²) >= 11 is 0. The Morgan fingerprint density at radius 1 is 1.15 bits per heavy atom. The van der Waals surface area contributed by atoms with E-state index in [1.807, 2.05) is 24.4 Å². The lowest BCUT2D eigenvalue weighted by molar-refractivity contribution is 0.122. The third-order valence-electron chi connectivity index (χ3n) is 3.34. The Bertz CT molecular complexity index is 583. The molecule has 1 aliphatic heterocycles. The molecule has 1 aliphatic rings. The van der Waals surface area contributed by atoms with Crippen molar-refractivity contribution in [2.45, 2.75) is 0 Å². The number of ether oxygens (including phenoxy) is 2. The maximum atomic E-state index is 5.37. The number of hydrogen-bond acceptors (Lipinski definition) is 5. The van der Waals surface area contributed by atoms with Gasteiger partial charge in [-0.3, -0.25) is 4.98 Å².